The minimum atomic E-state index is -0.354. The normalized spacial score (nSPS) is 14.5. The Hall–Kier alpha value is -2.46. The molecule has 4 nitrogen and oxygen atoms in total. The lowest BCUT2D eigenvalue weighted by atomic mass is 10.0. The first-order valence-electron chi connectivity index (χ1n) is 7.62. The van der Waals surface area contributed by atoms with E-state index in [2.05, 4.69) is 5.32 Å². The number of anilines is 1. The van der Waals surface area contributed by atoms with Crippen LogP contribution in [0.4, 0.5) is 5.69 Å². The summed E-state index contributed by atoms with van der Waals surface area (Å²) in [4.78, 5) is 12.0. The van der Waals surface area contributed by atoms with Crippen molar-refractivity contribution in [3.05, 3.63) is 59.1 Å². The second-order valence-corrected chi connectivity index (χ2v) is 6.46. The van der Waals surface area contributed by atoms with Gasteiger partial charge in [-0.15, -0.1) is 0 Å². The zero-order chi connectivity index (χ0) is 17.2. The first-order valence-corrected chi connectivity index (χ1v) is 8.00. The fraction of sp³-hybridized carbons (Fsp3) is 0.211. The molecule has 0 atom stereocenters. The molecular formula is C19H18ClNO3. The van der Waals surface area contributed by atoms with Gasteiger partial charge in [-0.05, 0) is 44.2 Å². The molecule has 1 aliphatic rings. The van der Waals surface area contributed by atoms with Crippen LogP contribution < -0.4 is 14.8 Å². The van der Waals surface area contributed by atoms with Gasteiger partial charge in [0.2, 0.25) is 0 Å². The quantitative estimate of drug-likeness (QED) is 0.886. The SMILES string of the molecule is CC1(C)C=Cc2ccc(OCC(=O)Nc3ccccc3Cl)cc2O1. The molecule has 0 aliphatic carbocycles. The van der Waals surface area contributed by atoms with Crippen LogP contribution in [-0.4, -0.2) is 18.1 Å². The standard InChI is InChI=1S/C19H18ClNO3/c1-19(2)10-9-13-7-8-14(11-17(13)24-19)23-12-18(22)21-16-6-4-3-5-15(16)20/h3-11H,12H2,1-2H3,(H,21,22). The maximum atomic E-state index is 12.0. The molecule has 1 N–H and O–H groups in total. The number of hydrogen-bond acceptors (Lipinski definition) is 3. The number of benzene rings is 2. The molecule has 1 amide bonds. The number of ether oxygens (including phenoxy) is 2. The van der Waals surface area contributed by atoms with Crippen molar-refractivity contribution in [2.75, 3.05) is 11.9 Å². The van der Waals surface area contributed by atoms with Crippen LogP contribution in [0, 0.1) is 0 Å². The smallest absolute Gasteiger partial charge is 0.262 e. The summed E-state index contributed by atoms with van der Waals surface area (Å²) in [6.45, 7) is 3.86. The number of para-hydroxylation sites is 1. The van der Waals surface area contributed by atoms with Gasteiger partial charge in [0.25, 0.3) is 5.91 Å². The fourth-order valence-electron chi connectivity index (χ4n) is 2.34. The molecule has 1 heterocycles. The van der Waals surface area contributed by atoms with Crippen LogP contribution in [0.5, 0.6) is 11.5 Å². The van der Waals surface area contributed by atoms with Gasteiger partial charge in [-0.25, -0.2) is 0 Å². The van der Waals surface area contributed by atoms with E-state index < -0.39 is 0 Å². The van der Waals surface area contributed by atoms with Gasteiger partial charge in [-0.1, -0.05) is 29.8 Å². The summed E-state index contributed by atoms with van der Waals surface area (Å²) in [5, 5.41) is 3.21. The van der Waals surface area contributed by atoms with E-state index in [9.17, 15) is 4.79 Å². The Morgan fingerprint density at radius 1 is 1.25 bits per heavy atom. The highest BCUT2D eigenvalue weighted by atomic mass is 35.5. The third kappa shape index (κ3) is 3.89. The zero-order valence-electron chi connectivity index (χ0n) is 13.5. The van der Waals surface area contributed by atoms with Crippen molar-refractivity contribution in [2.45, 2.75) is 19.4 Å². The number of halogens is 1. The third-order valence-electron chi connectivity index (χ3n) is 3.54. The van der Waals surface area contributed by atoms with Crippen molar-refractivity contribution in [1.29, 1.82) is 0 Å². The minimum Gasteiger partial charge on any atom is -0.484 e. The predicted octanol–water partition coefficient (Wildman–Crippen LogP) is 4.54. The summed E-state index contributed by atoms with van der Waals surface area (Å²) in [6.07, 6.45) is 4.03. The van der Waals surface area contributed by atoms with Gasteiger partial charge < -0.3 is 14.8 Å². The van der Waals surface area contributed by atoms with Crippen LogP contribution in [0.25, 0.3) is 6.08 Å². The van der Waals surface area contributed by atoms with Crippen molar-refractivity contribution in [2.24, 2.45) is 0 Å². The molecule has 0 saturated heterocycles. The lowest BCUT2D eigenvalue weighted by Gasteiger charge is -2.28. The van der Waals surface area contributed by atoms with Crippen LogP contribution in [0.1, 0.15) is 19.4 Å². The molecule has 3 rings (SSSR count). The molecule has 0 saturated carbocycles. The highest BCUT2D eigenvalue weighted by Gasteiger charge is 2.21. The van der Waals surface area contributed by atoms with E-state index in [1.807, 2.05) is 38.1 Å². The van der Waals surface area contributed by atoms with E-state index in [1.165, 1.54) is 0 Å². The Labute approximate surface area is 146 Å². The summed E-state index contributed by atoms with van der Waals surface area (Å²) >= 11 is 6.01. The van der Waals surface area contributed by atoms with Gasteiger partial charge >= 0.3 is 0 Å². The number of carbonyl (C=O) groups excluding carboxylic acids is 1. The molecule has 0 spiro atoms. The van der Waals surface area contributed by atoms with Gasteiger partial charge in [0.1, 0.15) is 17.1 Å². The molecule has 1 aliphatic heterocycles. The Morgan fingerprint density at radius 3 is 2.83 bits per heavy atom. The summed E-state index contributed by atoms with van der Waals surface area (Å²) < 4.78 is 11.4. The summed E-state index contributed by atoms with van der Waals surface area (Å²) in [5.41, 5.74) is 1.20. The summed E-state index contributed by atoms with van der Waals surface area (Å²) in [7, 11) is 0. The van der Waals surface area contributed by atoms with Crippen LogP contribution in [0.2, 0.25) is 5.02 Å². The third-order valence-corrected chi connectivity index (χ3v) is 3.87. The van der Waals surface area contributed by atoms with E-state index in [0.29, 0.717) is 16.5 Å². The van der Waals surface area contributed by atoms with Crippen molar-refractivity contribution in [3.63, 3.8) is 0 Å². The number of hydrogen-bond donors (Lipinski definition) is 1. The van der Waals surface area contributed by atoms with E-state index >= 15 is 0 Å². The minimum absolute atomic E-state index is 0.108. The largest absolute Gasteiger partial charge is 0.484 e. The predicted molar refractivity (Wildman–Crippen MR) is 95.8 cm³/mol. The van der Waals surface area contributed by atoms with Gasteiger partial charge in [-0.3, -0.25) is 4.79 Å². The fourth-order valence-corrected chi connectivity index (χ4v) is 2.52. The van der Waals surface area contributed by atoms with Crippen molar-refractivity contribution >= 4 is 29.3 Å². The van der Waals surface area contributed by atoms with Gasteiger partial charge in [-0.2, -0.15) is 0 Å². The Balaban J connectivity index is 1.62. The van der Waals surface area contributed by atoms with Crippen molar-refractivity contribution in [1.82, 2.24) is 0 Å². The molecule has 2 aromatic carbocycles. The van der Waals surface area contributed by atoms with E-state index in [1.54, 1.807) is 30.3 Å². The van der Waals surface area contributed by atoms with Crippen molar-refractivity contribution in [3.8, 4) is 11.5 Å². The molecule has 0 aromatic heterocycles. The van der Waals surface area contributed by atoms with Gasteiger partial charge in [0, 0.05) is 11.6 Å². The molecule has 0 radical (unpaired) electrons. The number of fused-ring (bicyclic) bond motifs is 1. The molecule has 0 bridgehead atoms. The topological polar surface area (TPSA) is 47.6 Å². The van der Waals surface area contributed by atoms with Gasteiger partial charge in [0.15, 0.2) is 6.61 Å². The number of nitrogens with one attached hydrogen (secondary N) is 1. The van der Waals surface area contributed by atoms with E-state index in [-0.39, 0.29) is 18.1 Å². The second-order valence-electron chi connectivity index (χ2n) is 6.06. The summed E-state index contributed by atoms with van der Waals surface area (Å²) in [6, 6.07) is 12.6. The maximum absolute atomic E-state index is 12.0. The first kappa shape index (κ1) is 16.4. The summed E-state index contributed by atoms with van der Waals surface area (Å²) in [5.74, 6) is 1.04. The molecule has 124 valence electrons. The Bertz CT molecular complexity index is 799. The molecule has 2 aromatic rings. The molecule has 0 fully saturated rings. The lowest BCUT2D eigenvalue weighted by molar-refractivity contribution is -0.118. The second kappa shape index (κ2) is 6.57. The number of carbonyl (C=O) groups is 1. The van der Waals surface area contributed by atoms with E-state index in [0.717, 1.165) is 11.3 Å². The molecule has 24 heavy (non-hydrogen) atoms. The Kier molecular flexibility index (Phi) is 4.49. The Morgan fingerprint density at radius 2 is 2.04 bits per heavy atom. The number of amides is 1. The van der Waals surface area contributed by atoms with Crippen LogP contribution in [0.3, 0.4) is 0 Å². The number of rotatable bonds is 4. The first-order chi connectivity index (χ1) is 11.4. The molecule has 0 unspecified atom stereocenters. The molecule has 5 heteroatoms. The van der Waals surface area contributed by atoms with Crippen LogP contribution in [0.15, 0.2) is 48.5 Å². The van der Waals surface area contributed by atoms with Crippen LogP contribution in [-0.2, 0) is 4.79 Å². The lowest BCUT2D eigenvalue weighted by Crippen LogP contribution is -2.27. The monoisotopic (exact) mass is 343 g/mol. The molecular weight excluding hydrogens is 326 g/mol. The zero-order valence-corrected chi connectivity index (χ0v) is 14.3. The maximum Gasteiger partial charge on any atom is 0.262 e. The average Bonchev–Trinajstić information content (AvgIpc) is 2.54. The average molecular weight is 344 g/mol. The van der Waals surface area contributed by atoms with E-state index in [4.69, 9.17) is 21.1 Å². The van der Waals surface area contributed by atoms with Crippen molar-refractivity contribution < 1.29 is 14.3 Å². The van der Waals surface area contributed by atoms with Crippen LogP contribution >= 0.6 is 11.6 Å². The highest BCUT2D eigenvalue weighted by Crippen LogP contribution is 2.33. The van der Waals surface area contributed by atoms with Gasteiger partial charge in [0.05, 0.1) is 10.7 Å². The highest BCUT2D eigenvalue weighted by molar-refractivity contribution is 6.33.